The van der Waals surface area contributed by atoms with Crippen LogP contribution in [0.4, 0.5) is 0 Å². The molecule has 1 fully saturated rings. The molecule has 158 valence electrons. The lowest BCUT2D eigenvalue weighted by molar-refractivity contribution is -0.148. The number of nitrogens with zero attached hydrogens (tertiary/aromatic N) is 2. The highest BCUT2D eigenvalue weighted by Crippen LogP contribution is 2.49. The quantitative estimate of drug-likeness (QED) is 0.743. The number of ether oxygens (including phenoxy) is 1. The van der Waals surface area contributed by atoms with E-state index in [-0.39, 0.29) is 36.0 Å². The molecule has 0 bridgehead atoms. The maximum absolute atomic E-state index is 13.0. The first-order chi connectivity index (χ1) is 14.6. The van der Waals surface area contributed by atoms with E-state index in [4.69, 9.17) is 4.74 Å². The number of aliphatic hydroxyl groups excluding tert-OH is 1. The molecule has 4 rings (SSSR count). The predicted octanol–water partition coefficient (Wildman–Crippen LogP) is 2.26. The summed E-state index contributed by atoms with van der Waals surface area (Å²) in [6.07, 6.45) is 4.45. The van der Waals surface area contributed by atoms with Gasteiger partial charge in [-0.1, -0.05) is 42.5 Å². The molecule has 30 heavy (non-hydrogen) atoms. The van der Waals surface area contributed by atoms with Crippen molar-refractivity contribution in [1.29, 1.82) is 0 Å². The van der Waals surface area contributed by atoms with Crippen LogP contribution in [0.3, 0.4) is 0 Å². The highest BCUT2D eigenvalue weighted by atomic mass is 16.5. The number of allylic oxidation sites excluding steroid dienone is 1. The van der Waals surface area contributed by atoms with Gasteiger partial charge in [0.05, 0.1) is 13.2 Å². The molecule has 0 radical (unpaired) electrons. The van der Waals surface area contributed by atoms with Crippen molar-refractivity contribution in [1.82, 2.24) is 9.47 Å². The SMILES string of the molecule is C/C=C/c1ccc2n(c1=O)C[C@@H]1[C@@H](CO)[C@H](C(=O)OC)N(CCc3ccccc3)[C@H]21. The number of hydrogen-bond acceptors (Lipinski definition) is 5. The zero-order chi connectivity index (χ0) is 21.3. The monoisotopic (exact) mass is 408 g/mol. The molecule has 0 spiro atoms. The molecule has 1 aromatic carbocycles. The Kier molecular flexibility index (Phi) is 5.88. The van der Waals surface area contributed by atoms with Gasteiger partial charge in [0, 0.05) is 42.8 Å². The normalized spacial score (nSPS) is 25.4. The summed E-state index contributed by atoms with van der Waals surface area (Å²) in [4.78, 5) is 27.8. The van der Waals surface area contributed by atoms with Gasteiger partial charge in [-0.15, -0.1) is 0 Å². The Morgan fingerprint density at radius 3 is 2.67 bits per heavy atom. The second-order valence-corrected chi connectivity index (χ2v) is 8.03. The van der Waals surface area contributed by atoms with Crippen molar-refractivity contribution >= 4 is 12.0 Å². The van der Waals surface area contributed by atoms with Crippen molar-refractivity contribution in [2.24, 2.45) is 11.8 Å². The van der Waals surface area contributed by atoms with E-state index in [0.717, 1.165) is 12.1 Å². The number of benzene rings is 1. The molecule has 2 aliphatic heterocycles. The van der Waals surface area contributed by atoms with Gasteiger partial charge in [-0.3, -0.25) is 14.5 Å². The molecule has 1 N–H and O–H groups in total. The number of fused-ring (bicyclic) bond motifs is 3. The van der Waals surface area contributed by atoms with Crippen molar-refractivity contribution in [2.45, 2.75) is 32.0 Å². The molecule has 1 aromatic heterocycles. The Morgan fingerprint density at radius 2 is 2.00 bits per heavy atom. The minimum atomic E-state index is -0.516. The number of aromatic nitrogens is 1. The van der Waals surface area contributed by atoms with Gasteiger partial charge in [0.25, 0.3) is 5.56 Å². The van der Waals surface area contributed by atoms with E-state index in [1.807, 2.05) is 54.0 Å². The highest BCUT2D eigenvalue weighted by molar-refractivity contribution is 5.77. The Balaban J connectivity index is 1.73. The first-order valence-electron chi connectivity index (χ1n) is 10.5. The average Bonchev–Trinajstić information content (AvgIpc) is 3.29. The first-order valence-corrected chi connectivity index (χ1v) is 10.5. The van der Waals surface area contributed by atoms with Gasteiger partial charge in [0.15, 0.2) is 0 Å². The Hall–Kier alpha value is -2.70. The Bertz CT molecular complexity index is 998. The van der Waals surface area contributed by atoms with E-state index in [1.165, 1.54) is 12.7 Å². The van der Waals surface area contributed by atoms with Gasteiger partial charge in [-0.2, -0.15) is 0 Å². The van der Waals surface area contributed by atoms with Crippen molar-refractivity contribution in [3.8, 4) is 0 Å². The molecule has 1 saturated heterocycles. The largest absolute Gasteiger partial charge is 0.468 e. The fourth-order valence-electron chi connectivity index (χ4n) is 5.18. The molecule has 0 aliphatic carbocycles. The van der Waals surface area contributed by atoms with Crippen LogP contribution in [0.15, 0.2) is 53.3 Å². The van der Waals surface area contributed by atoms with Crippen LogP contribution in [0.2, 0.25) is 0 Å². The van der Waals surface area contributed by atoms with E-state index in [9.17, 15) is 14.7 Å². The Morgan fingerprint density at radius 1 is 1.23 bits per heavy atom. The summed E-state index contributed by atoms with van der Waals surface area (Å²) >= 11 is 0. The highest BCUT2D eigenvalue weighted by Gasteiger charge is 2.55. The average molecular weight is 408 g/mol. The predicted molar refractivity (Wildman–Crippen MR) is 115 cm³/mol. The molecule has 0 saturated carbocycles. The molecular weight excluding hydrogens is 380 g/mol. The number of esters is 1. The summed E-state index contributed by atoms with van der Waals surface area (Å²) in [5.74, 6) is -0.609. The van der Waals surface area contributed by atoms with Crippen molar-refractivity contribution < 1.29 is 14.6 Å². The summed E-state index contributed by atoms with van der Waals surface area (Å²) in [6.45, 7) is 2.92. The van der Waals surface area contributed by atoms with Crippen LogP contribution in [-0.4, -0.2) is 46.8 Å². The zero-order valence-electron chi connectivity index (χ0n) is 17.4. The summed E-state index contributed by atoms with van der Waals surface area (Å²) < 4.78 is 6.92. The summed E-state index contributed by atoms with van der Waals surface area (Å²) in [5.41, 5.74) is 2.73. The maximum Gasteiger partial charge on any atom is 0.323 e. The van der Waals surface area contributed by atoms with Gasteiger partial charge < -0.3 is 14.4 Å². The van der Waals surface area contributed by atoms with Crippen LogP contribution in [0.1, 0.15) is 29.8 Å². The summed E-state index contributed by atoms with van der Waals surface area (Å²) in [7, 11) is 1.39. The van der Waals surface area contributed by atoms with E-state index < -0.39 is 6.04 Å². The van der Waals surface area contributed by atoms with E-state index in [1.54, 1.807) is 0 Å². The van der Waals surface area contributed by atoms with Gasteiger partial charge in [0.1, 0.15) is 6.04 Å². The molecule has 6 heteroatoms. The maximum atomic E-state index is 13.0. The second kappa shape index (κ2) is 8.58. The molecule has 4 atom stereocenters. The smallest absolute Gasteiger partial charge is 0.323 e. The van der Waals surface area contributed by atoms with E-state index >= 15 is 0 Å². The number of carbonyl (C=O) groups is 1. The van der Waals surface area contributed by atoms with Crippen LogP contribution < -0.4 is 5.56 Å². The van der Waals surface area contributed by atoms with E-state index in [2.05, 4.69) is 17.0 Å². The lowest BCUT2D eigenvalue weighted by Gasteiger charge is -2.29. The van der Waals surface area contributed by atoms with Crippen LogP contribution in [0, 0.1) is 11.8 Å². The molecule has 0 amide bonds. The Labute approximate surface area is 176 Å². The molecule has 6 nitrogen and oxygen atoms in total. The fourth-order valence-corrected chi connectivity index (χ4v) is 5.18. The minimum Gasteiger partial charge on any atom is -0.468 e. The van der Waals surface area contributed by atoms with E-state index in [0.29, 0.717) is 18.7 Å². The fraction of sp³-hybridized carbons (Fsp3) is 0.417. The van der Waals surface area contributed by atoms with Gasteiger partial charge in [-0.05, 0) is 31.0 Å². The number of carbonyl (C=O) groups excluding carboxylic acids is 1. The summed E-state index contributed by atoms with van der Waals surface area (Å²) in [6, 6.07) is 13.4. The van der Waals surface area contributed by atoms with Crippen molar-refractivity contribution in [2.75, 3.05) is 20.3 Å². The number of likely N-dealkylation sites (tertiary alicyclic amines) is 1. The number of aliphatic hydroxyl groups is 1. The number of methoxy groups -OCH3 is 1. The van der Waals surface area contributed by atoms with Gasteiger partial charge >= 0.3 is 5.97 Å². The van der Waals surface area contributed by atoms with Crippen LogP contribution in [0.25, 0.3) is 6.08 Å². The van der Waals surface area contributed by atoms with Gasteiger partial charge in [-0.25, -0.2) is 0 Å². The van der Waals surface area contributed by atoms with Crippen LogP contribution >= 0.6 is 0 Å². The molecular formula is C24H28N2O4. The second-order valence-electron chi connectivity index (χ2n) is 8.03. The lowest BCUT2D eigenvalue weighted by atomic mass is 9.88. The minimum absolute atomic E-state index is 0.0107. The first kappa shape index (κ1) is 20.6. The number of rotatable bonds is 6. The molecule has 3 heterocycles. The summed E-state index contributed by atoms with van der Waals surface area (Å²) in [5, 5.41) is 10.2. The molecule has 2 aliphatic rings. The third kappa shape index (κ3) is 3.40. The zero-order valence-corrected chi connectivity index (χ0v) is 17.4. The van der Waals surface area contributed by atoms with Crippen LogP contribution in [0.5, 0.6) is 0 Å². The molecule has 0 unspecified atom stereocenters. The third-order valence-corrected chi connectivity index (χ3v) is 6.51. The van der Waals surface area contributed by atoms with Crippen LogP contribution in [-0.2, 0) is 22.5 Å². The number of pyridine rings is 1. The topological polar surface area (TPSA) is 71.8 Å². The third-order valence-electron chi connectivity index (χ3n) is 6.51. The standard InChI is InChI=1S/C24H28N2O4/c1-3-7-17-10-11-20-21-18(14-26(20)23(17)28)19(15-27)22(24(29)30-2)25(21)13-12-16-8-5-4-6-9-16/h3-11,18-19,21-22,27H,12-15H2,1-2H3/b7-3+/t18-,19-,21+,22-/m1/s1. The number of hydrogen-bond donors (Lipinski definition) is 1. The van der Waals surface area contributed by atoms with Crippen molar-refractivity contribution in [3.63, 3.8) is 0 Å². The lowest BCUT2D eigenvalue weighted by Crippen LogP contribution is -2.44. The molecule has 2 aromatic rings. The van der Waals surface area contributed by atoms with Crippen molar-refractivity contribution in [3.05, 3.63) is 75.7 Å². The van der Waals surface area contributed by atoms with Gasteiger partial charge in [0.2, 0.25) is 0 Å².